The first-order valence-electron chi connectivity index (χ1n) is 4.00. The topological polar surface area (TPSA) is 75.6 Å². The van der Waals surface area contributed by atoms with Crippen LogP contribution in [-0.4, -0.2) is 58.4 Å². The van der Waals surface area contributed by atoms with E-state index in [-0.39, 0.29) is 18.4 Å². The van der Waals surface area contributed by atoms with Gasteiger partial charge in [-0.3, -0.25) is 0 Å². The van der Waals surface area contributed by atoms with Gasteiger partial charge in [0.1, 0.15) is 9.84 Å². The van der Waals surface area contributed by atoms with Gasteiger partial charge in [0.05, 0.1) is 25.0 Å². The van der Waals surface area contributed by atoms with Crippen LogP contribution in [0.2, 0.25) is 0 Å². The van der Waals surface area contributed by atoms with Gasteiger partial charge in [0.2, 0.25) is 0 Å². The molecule has 0 aromatic carbocycles. The summed E-state index contributed by atoms with van der Waals surface area (Å²) in [6, 6.07) is -0.188. The molecule has 0 saturated carbocycles. The van der Waals surface area contributed by atoms with Crippen LogP contribution in [0.3, 0.4) is 0 Å². The zero-order valence-electron chi connectivity index (χ0n) is 7.99. The monoisotopic (exact) mass is 211 g/mol. The molecule has 2 N–H and O–H groups in total. The van der Waals surface area contributed by atoms with Crippen molar-refractivity contribution in [2.45, 2.75) is 6.04 Å². The lowest BCUT2D eigenvalue weighted by Crippen LogP contribution is -2.38. The van der Waals surface area contributed by atoms with Crippen LogP contribution in [-0.2, 0) is 14.6 Å². The van der Waals surface area contributed by atoms with E-state index in [0.717, 1.165) is 0 Å². The molecular weight excluding hydrogens is 194 g/mol. The molecule has 0 spiro atoms. The minimum atomic E-state index is -2.93. The maximum atomic E-state index is 10.7. The van der Waals surface area contributed by atoms with E-state index >= 15 is 0 Å². The third kappa shape index (κ3) is 8.17. The Morgan fingerprint density at radius 1 is 1.54 bits per heavy atom. The van der Waals surface area contributed by atoms with Gasteiger partial charge >= 0.3 is 0 Å². The van der Waals surface area contributed by atoms with Crippen LogP contribution < -0.4 is 5.32 Å². The summed E-state index contributed by atoms with van der Waals surface area (Å²) in [6.07, 6.45) is 1.18. The average Bonchev–Trinajstić information content (AvgIpc) is 2.01. The van der Waals surface area contributed by atoms with Crippen LogP contribution >= 0.6 is 0 Å². The van der Waals surface area contributed by atoms with Gasteiger partial charge in [-0.1, -0.05) is 0 Å². The molecule has 0 aromatic rings. The van der Waals surface area contributed by atoms with E-state index in [1.54, 1.807) is 0 Å². The van der Waals surface area contributed by atoms with Crippen molar-refractivity contribution >= 4 is 9.84 Å². The molecule has 6 heteroatoms. The third-order valence-electron chi connectivity index (χ3n) is 1.49. The highest BCUT2D eigenvalue weighted by molar-refractivity contribution is 7.90. The molecule has 0 aromatic heterocycles. The van der Waals surface area contributed by atoms with Gasteiger partial charge in [-0.2, -0.15) is 0 Å². The molecule has 0 fully saturated rings. The van der Waals surface area contributed by atoms with E-state index < -0.39 is 9.84 Å². The van der Waals surface area contributed by atoms with Gasteiger partial charge in [0.25, 0.3) is 0 Å². The smallest absolute Gasteiger partial charge is 0.148 e. The van der Waals surface area contributed by atoms with Crippen molar-refractivity contribution in [2.75, 3.05) is 38.9 Å². The molecule has 1 atom stereocenters. The molecule has 0 aliphatic carbocycles. The third-order valence-corrected chi connectivity index (χ3v) is 2.44. The van der Waals surface area contributed by atoms with E-state index in [9.17, 15) is 8.42 Å². The van der Waals surface area contributed by atoms with Gasteiger partial charge < -0.3 is 15.2 Å². The van der Waals surface area contributed by atoms with Crippen LogP contribution in [0.4, 0.5) is 0 Å². The Morgan fingerprint density at radius 3 is 2.54 bits per heavy atom. The highest BCUT2D eigenvalue weighted by Crippen LogP contribution is 1.85. The maximum Gasteiger partial charge on any atom is 0.148 e. The van der Waals surface area contributed by atoms with Gasteiger partial charge in [-0.25, -0.2) is 8.42 Å². The van der Waals surface area contributed by atoms with E-state index in [1.807, 2.05) is 0 Å². The molecule has 0 amide bonds. The summed E-state index contributed by atoms with van der Waals surface area (Å²) in [7, 11) is -1.40. The highest BCUT2D eigenvalue weighted by Gasteiger charge is 2.07. The summed E-state index contributed by atoms with van der Waals surface area (Å²) in [4.78, 5) is 0. The molecule has 0 aliphatic rings. The normalized spacial score (nSPS) is 14.4. The minimum Gasteiger partial charge on any atom is -0.395 e. The Labute approximate surface area is 79.0 Å². The molecule has 13 heavy (non-hydrogen) atoms. The number of aliphatic hydroxyl groups excluding tert-OH is 1. The molecule has 0 aliphatic heterocycles. The number of aliphatic hydroxyl groups is 1. The maximum absolute atomic E-state index is 10.7. The Hall–Kier alpha value is -0.170. The lowest BCUT2D eigenvalue weighted by atomic mass is 10.3. The van der Waals surface area contributed by atoms with Crippen LogP contribution in [0.1, 0.15) is 0 Å². The number of rotatable bonds is 7. The van der Waals surface area contributed by atoms with Crippen molar-refractivity contribution in [1.29, 1.82) is 0 Å². The Bertz CT molecular complexity index is 215. The van der Waals surface area contributed by atoms with E-state index in [1.165, 1.54) is 13.4 Å². The highest BCUT2D eigenvalue weighted by atomic mass is 32.2. The van der Waals surface area contributed by atoms with Crippen molar-refractivity contribution in [2.24, 2.45) is 0 Å². The van der Waals surface area contributed by atoms with Crippen molar-refractivity contribution in [1.82, 2.24) is 5.32 Å². The van der Waals surface area contributed by atoms with Crippen LogP contribution in [0.5, 0.6) is 0 Å². The van der Waals surface area contributed by atoms with E-state index in [2.05, 4.69) is 5.32 Å². The van der Waals surface area contributed by atoms with Crippen molar-refractivity contribution in [3.63, 3.8) is 0 Å². The standard InChI is InChI=1S/C7H17NO4S/c1-12-6-7(5-9)8-3-4-13(2,10)11/h7-9H,3-6H2,1-2H3. The van der Waals surface area contributed by atoms with Crippen molar-refractivity contribution in [3.05, 3.63) is 0 Å². The number of hydrogen-bond donors (Lipinski definition) is 2. The molecule has 0 rings (SSSR count). The Kier molecular flexibility index (Phi) is 6.23. The van der Waals surface area contributed by atoms with Gasteiger partial charge in [-0.15, -0.1) is 0 Å². The number of methoxy groups -OCH3 is 1. The first-order valence-corrected chi connectivity index (χ1v) is 6.06. The number of sulfone groups is 1. The molecule has 0 heterocycles. The largest absolute Gasteiger partial charge is 0.395 e. The fourth-order valence-electron chi connectivity index (χ4n) is 0.826. The number of nitrogens with one attached hydrogen (secondary N) is 1. The lowest BCUT2D eigenvalue weighted by Gasteiger charge is -2.14. The Morgan fingerprint density at radius 2 is 2.15 bits per heavy atom. The fourth-order valence-corrected chi connectivity index (χ4v) is 1.31. The summed E-state index contributed by atoms with van der Waals surface area (Å²) in [5.74, 6) is 0.0766. The summed E-state index contributed by atoms with van der Waals surface area (Å²) < 4.78 is 26.3. The molecule has 0 bridgehead atoms. The number of ether oxygens (including phenoxy) is 1. The molecule has 5 nitrogen and oxygen atoms in total. The Balaban J connectivity index is 3.61. The van der Waals surface area contributed by atoms with Crippen molar-refractivity contribution in [3.8, 4) is 0 Å². The van der Waals surface area contributed by atoms with Crippen LogP contribution in [0.15, 0.2) is 0 Å². The van der Waals surface area contributed by atoms with Crippen molar-refractivity contribution < 1.29 is 18.3 Å². The zero-order chi connectivity index (χ0) is 10.3. The second-order valence-electron chi connectivity index (χ2n) is 2.92. The average molecular weight is 211 g/mol. The second-order valence-corrected chi connectivity index (χ2v) is 5.18. The quantitative estimate of drug-likeness (QED) is 0.543. The molecule has 80 valence electrons. The fraction of sp³-hybridized carbons (Fsp3) is 1.00. The molecule has 1 unspecified atom stereocenters. The SMILES string of the molecule is COCC(CO)NCCS(C)(=O)=O. The molecule has 0 saturated heterocycles. The second kappa shape index (κ2) is 6.31. The molecular formula is C7H17NO4S. The zero-order valence-corrected chi connectivity index (χ0v) is 8.80. The predicted molar refractivity (Wildman–Crippen MR) is 50.5 cm³/mol. The predicted octanol–water partition coefficient (Wildman–Crippen LogP) is -1.37. The first kappa shape index (κ1) is 12.8. The number of hydrogen-bond acceptors (Lipinski definition) is 5. The van der Waals surface area contributed by atoms with Crippen LogP contribution in [0.25, 0.3) is 0 Å². The van der Waals surface area contributed by atoms with Crippen LogP contribution in [0, 0.1) is 0 Å². The van der Waals surface area contributed by atoms with E-state index in [4.69, 9.17) is 9.84 Å². The molecule has 0 radical (unpaired) electrons. The van der Waals surface area contributed by atoms with E-state index in [0.29, 0.717) is 13.2 Å². The summed E-state index contributed by atoms with van der Waals surface area (Å²) in [5, 5.41) is 11.7. The lowest BCUT2D eigenvalue weighted by molar-refractivity contribution is 0.130. The minimum absolute atomic E-state index is 0.0579. The summed E-state index contributed by atoms with van der Waals surface area (Å²) in [6.45, 7) is 0.658. The first-order chi connectivity index (χ1) is 5.99. The van der Waals surface area contributed by atoms with Gasteiger partial charge in [0.15, 0.2) is 0 Å². The van der Waals surface area contributed by atoms with Gasteiger partial charge in [-0.05, 0) is 0 Å². The summed E-state index contributed by atoms with van der Waals surface area (Å²) in [5.41, 5.74) is 0. The summed E-state index contributed by atoms with van der Waals surface area (Å²) >= 11 is 0. The van der Waals surface area contributed by atoms with Gasteiger partial charge in [0, 0.05) is 19.9 Å².